The highest BCUT2D eigenvalue weighted by Gasteiger charge is 2.57. The molecular weight excluding hydrogens is 247 g/mol. The van der Waals surface area contributed by atoms with Gasteiger partial charge in [0.2, 0.25) is 11.5 Å². The lowest BCUT2D eigenvalue weighted by Gasteiger charge is -2.38. The maximum absolute atomic E-state index is 13.2. The molecule has 1 aromatic heterocycles. The van der Waals surface area contributed by atoms with Crippen LogP contribution in [0.4, 0.5) is 18.9 Å². The molecule has 1 fully saturated rings. The predicted octanol–water partition coefficient (Wildman–Crippen LogP) is 1.73. The Hall–Kier alpha value is -1.50. The molecule has 0 aromatic carbocycles. The van der Waals surface area contributed by atoms with Crippen molar-refractivity contribution in [2.45, 2.75) is 24.6 Å². The third-order valence-corrected chi connectivity index (χ3v) is 3.02. The Bertz CT molecular complexity index is 416. The molecular formula is C11H14F3N3O. The van der Waals surface area contributed by atoms with Gasteiger partial charge in [-0.05, 0) is 25.2 Å². The second-order valence-corrected chi connectivity index (χ2v) is 4.24. The van der Waals surface area contributed by atoms with E-state index in [4.69, 9.17) is 10.5 Å². The van der Waals surface area contributed by atoms with E-state index in [2.05, 4.69) is 10.3 Å². The first-order valence-electron chi connectivity index (χ1n) is 5.62. The van der Waals surface area contributed by atoms with Gasteiger partial charge < -0.3 is 15.8 Å². The van der Waals surface area contributed by atoms with Crippen LogP contribution in [-0.2, 0) is 0 Å². The van der Waals surface area contributed by atoms with Crippen molar-refractivity contribution in [3.8, 4) is 5.88 Å². The standard InChI is InChI=1S/C11H14F3N3O/c12-11(13,14)10(3-6-16-7-4-10)18-9-8(15)2-1-5-17-9/h1-2,5,16H,3-4,6-7,15H2. The second kappa shape index (κ2) is 4.64. The van der Waals surface area contributed by atoms with Crippen molar-refractivity contribution in [3.63, 3.8) is 0 Å². The van der Waals surface area contributed by atoms with Crippen LogP contribution in [0.3, 0.4) is 0 Å². The fraction of sp³-hybridized carbons (Fsp3) is 0.545. The first-order valence-corrected chi connectivity index (χ1v) is 5.62. The molecule has 0 unspecified atom stereocenters. The van der Waals surface area contributed by atoms with Gasteiger partial charge in [0.25, 0.3) is 0 Å². The van der Waals surface area contributed by atoms with Gasteiger partial charge in [-0.1, -0.05) is 0 Å². The summed E-state index contributed by atoms with van der Waals surface area (Å²) < 4.78 is 44.7. The van der Waals surface area contributed by atoms with Crippen LogP contribution in [-0.4, -0.2) is 29.9 Å². The Morgan fingerprint density at radius 3 is 2.56 bits per heavy atom. The Morgan fingerprint density at radius 1 is 1.33 bits per heavy atom. The van der Waals surface area contributed by atoms with Crippen molar-refractivity contribution in [1.82, 2.24) is 10.3 Å². The zero-order valence-corrected chi connectivity index (χ0v) is 9.63. The lowest BCUT2D eigenvalue weighted by molar-refractivity contribution is -0.256. The number of ether oxygens (including phenoxy) is 1. The van der Waals surface area contributed by atoms with Gasteiger partial charge >= 0.3 is 6.18 Å². The average Bonchev–Trinajstić information content (AvgIpc) is 2.32. The number of hydrogen-bond acceptors (Lipinski definition) is 4. The number of nitrogens with one attached hydrogen (secondary N) is 1. The summed E-state index contributed by atoms with van der Waals surface area (Å²) in [7, 11) is 0. The molecule has 0 aliphatic carbocycles. The molecule has 7 heteroatoms. The highest BCUT2D eigenvalue weighted by Crippen LogP contribution is 2.41. The molecule has 18 heavy (non-hydrogen) atoms. The van der Waals surface area contributed by atoms with Gasteiger partial charge in [-0.15, -0.1) is 0 Å². The van der Waals surface area contributed by atoms with Crippen LogP contribution in [0.2, 0.25) is 0 Å². The van der Waals surface area contributed by atoms with Gasteiger partial charge in [0.1, 0.15) is 0 Å². The molecule has 0 saturated carbocycles. The van der Waals surface area contributed by atoms with Crippen LogP contribution in [0.25, 0.3) is 0 Å². The fourth-order valence-corrected chi connectivity index (χ4v) is 1.95. The summed E-state index contributed by atoms with van der Waals surface area (Å²) in [6, 6.07) is 3.01. The Morgan fingerprint density at radius 2 is 2.00 bits per heavy atom. The number of pyridine rings is 1. The zero-order chi connectivity index (χ0) is 13.2. The number of rotatable bonds is 2. The molecule has 0 spiro atoms. The van der Waals surface area contributed by atoms with Crippen molar-refractivity contribution >= 4 is 5.69 Å². The van der Waals surface area contributed by atoms with E-state index in [1.54, 1.807) is 6.07 Å². The van der Waals surface area contributed by atoms with Crippen LogP contribution < -0.4 is 15.8 Å². The minimum atomic E-state index is -4.45. The van der Waals surface area contributed by atoms with Crippen LogP contribution in [0.15, 0.2) is 18.3 Å². The summed E-state index contributed by atoms with van der Waals surface area (Å²) in [5.41, 5.74) is 3.49. The SMILES string of the molecule is Nc1cccnc1OC1(C(F)(F)F)CCNCC1. The second-order valence-electron chi connectivity index (χ2n) is 4.24. The molecule has 1 aromatic rings. The quantitative estimate of drug-likeness (QED) is 0.851. The Labute approximate surface area is 102 Å². The smallest absolute Gasteiger partial charge is 0.428 e. The van der Waals surface area contributed by atoms with E-state index < -0.39 is 11.8 Å². The van der Waals surface area contributed by atoms with E-state index in [1.807, 2.05) is 0 Å². The average molecular weight is 261 g/mol. The molecule has 2 rings (SSSR count). The third-order valence-electron chi connectivity index (χ3n) is 3.02. The zero-order valence-electron chi connectivity index (χ0n) is 9.63. The number of aromatic nitrogens is 1. The third kappa shape index (κ3) is 2.35. The van der Waals surface area contributed by atoms with Gasteiger partial charge in [0, 0.05) is 19.0 Å². The number of alkyl halides is 3. The van der Waals surface area contributed by atoms with E-state index in [-0.39, 0.29) is 37.5 Å². The fourth-order valence-electron chi connectivity index (χ4n) is 1.95. The van der Waals surface area contributed by atoms with Gasteiger partial charge in [-0.3, -0.25) is 0 Å². The molecule has 0 radical (unpaired) electrons. The number of halogens is 3. The number of piperidine rings is 1. The maximum Gasteiger partial charge on any atom is 0.428 e. The number of hydrogen-bond donors (Lipinski definition) is 2. The lowest BCUT2D eigenvalue weighted by atomic mass is 9.91. The van der Waals surface area contributed by atoms with Crippen molar-refractivity contribution in [3.05, 3.63) is 18.3 Å². The number of anilines is 1. The molecule has 3 N–H and O–H groups in total. The topological polar surface area (TPSA) is 60.2 Å². The van der Waals surface area contributed by atoms with Gasteiger partial charge in [-0.25, -0.2) is 4.98 Å². The van der Waals surface area contributed by atoms with Gasteiger partial charge in [0.05, 0.1) is 5.69 Å². The maximum atomic E-state index is 13.2. The number of nitrogens with two attached hydrogens (primary N) is 1. The Kier molecular flexibility index (Phi) is 3.34. The highest BCUT2D eigenvalue weighted by molar-refractivity contribution is 5.47. The summed E-state index contributed by atoms with van der Waals surface area (Å²) in [5.74, 6) is -0.156. The van der Waals surface area contributed by atoms with Crippen molar-refractivity contribution in [1.29, 1.82) is 0 Å². The predicted molar refractivity (Wildman–Crippen MR) is 60.2 cm³/mol. The van der Waals surface area contributed by atoms with E-state index in [9.17, 15) is 13.2 Å². The normalized spacial score (nSPS) is 19.5. The van der Waals surface area contributed by atoms with E-state index in [0.717, 1.165) is 0 Å². The van der Waals surface area contributed by atoms with Gasteiger partial charge in [-0.2, -0.15) is 13.2 Å². The first-order chi connectivity index (χ1) is 8.45. The highest BCUT2D eigenvalue weighted by atomic mass is 19.4. The summed E-state index contributed by atoms with van der Waals surface area (Å²) in [6.07, 6.45) is -3.38. The van der Waals surface area contributed by atoms with Gasteiger partial charge in [0.15, 0.2) is 0 Å². The summed E-state index contributed by atoms with van der Waals surface area (Å²) in [6.45, 7) is 0.512. The molecule has 1 saturated heterocycles. The summed E-state index contributed by atoms with van der Waals surface area (Å²) in [5, 5.41) is 2.88. The van der Waals surface area contributed by atoms with Crippen LogP contribution in [0.5, 0.6) is 5.88 Å². The minimum absolute atomic E-state index is 0.111. The van der Waals surface area contributed by atoms with E-state index >= 15 is 0 Å². The number of nitrogen functional groups attached to an aromatic ring is 1. The summed E-state index contributed by atoms with van der Waals surface area (Å²) >= 11 is 0. The van der Waals surface area contributed by atoms with E-state index in [1.165, 1.54) is 12.3 Å². The van der Waals surface area contributed by atoms with Crippen LogP contribution >= 0.6 is 0 Å². The summed E-state index contributed by atoms with van der Waals surface area (Å²) in [4.78, 5) is 3.76. The molecule has 0 bridgehead atoms. The minimum Gasteiger partial charge on any atom is -0.460 e. The lowest BCUT2D eigenvalue weighted by Crippen LogP contribution is -2.56. The molecule has 0 amide bonds. The Balaban J connectivity index is 2.29. The molecule has 100 valence electrons. The molecule has 2 heterocycles. The molecule has 1 aliphatic rings. The van der Waals surface area contributed by atoms with Crippen molar-refractivity contribution in [2.24, 2.45) is 0 Å². The monoisotopic (exact) mass is 261 g/mol. The van der Waals surface area contributed by atoms with Crippen molar-refractivity contribution in [2.75, 3.05) is 18.8 Å². The van der Waals surface area contributed by atoms with Crippen LogP contribution in [0.1, 0.15) is 12.8 Å². The first kappa shape index (κ1) is 12.9. The largest absolute Gasteiger partial charge is 0.460 e. The molecule has 4 nitrogen and oxygen atoms in total. The molecule has 1 aliphatic heterocycles. The van der Waals surface area contributed by atoms with E-state index in [0.29, 0.717) is 0 Å². The molecule has 0 atom stereocenters. The number of nitrogens with zero attached hydrogens (tertiary/aromatic N) is 1. The van der Waals surface area contributed by atoms with Crippen molar-refractivity contribution < 1.29 is 17.9 Å². The van der Waals surface area contributed by atoms with Crippen LogP contribution in [0, 0.1) is 0 Å².